The van der Waals surface area contributed by atoms with Crippen LogP contribution in [0.3, 0.4) is 0 Å². The highest BCUT2D eigenvalue weighted by Gasteiger charge is 2.32. The summed E-state index contributed by atoms with van der Waals surface area (Å²) >= 11 is 0. The van der Waals surface area contributed by atoms with Crippen molar-refractivity contribution in [2.45, 2.75) is 58.3 Å². The molecule has 3 nitrogen and oxygen atoms in total. The number of carbonyl (C=O) groups excluding carboxylic acids is 1. The molecule has 1 aliphatic heterocycles. The first-order chi connectivity index (χ1) is 9.74. The Hall–Kier alpha value is -0.280. The van der Waals surface area contributed by atoms with Gasteiger partial charge in [-0.1, -0.05) is 26.2 Å². The SMILES string of the molecule is CCCCC1CCC(C(=O)N2CCC(CNC)C2)CC1.Cl. The Labute approximate surface area is 136 Å². The minimum Gasteiger partial charge on any atom is -0.342 e. The van der Waals surface area contributed by atoms with Gasteiger partial charge >= 0.3 is 0 Å². The molecule has 0 radical (unpaired) electrons. The molecule has 2 fully saturated rings. The number of nitrogens with zero attached hydrogens (tertiary/aromatic N) is 1. The highest BCUT2D eigenvalue weighted by atomic mass is 35.5. The average molecular weight is 317 g/mol. The van der Waals surface area contributed by atoms with E-state index < -0.39 is 0 Å². The van der Waals surface area contributed by atoms with Crippen LogP contribution in [0.1, 0.15) is 58.3 Å². The smallest absolute Gasteiger partial charge is 0.225 e. The van der Waals surface area contributed by atoms with Gasteiger partial charge in [-0.2, -0.15) is 0 Å². The summed E-state index contributed by atoms with van der Waals surface area (Å²) in [5.74, 6) is 2.36. The summed E-state index contributed by atoms with van der Waals surface area (Å²) < 4.78 is 0. The van der Waals surface area contributed by atoms with Crippen molar-refractivity contribution in [3.05, 3.63) is 0 Å². The van der Waals surface area contributed by atoms with Crippen molar-refractivity contribution in [3.8, 4) is 0 Å². The lowest BCUT2D eigenvalue weighted by Crippen LogP contribution is -2.36. The van der Waals surface area contributed by atoms with E-state index in [1.165, 1.54) is 38.5 Å². The third-order valence-electron chi connectivity index (χ3n) is 5.25. The molecule has 4 heteroatoms. The highest BCUT2D eigenvalue weighted by molar-refractivity contribution is 5.85. The molecule has 0 bridgehead atoms. The zero-order chi connectivity index (χ0) is 14.4. The van der Waals surface area contributed by atoms with Crippen LogP contribution in [-0.2, 0) is 4.79 Å². The van der Waals surface area contributed by atoms with E-state index in [4.69, 9.17) is 0 Å². The molecule has 1 N–H and O–H groups in total. The van der Waals surface area contributed by atoms with Gasteiger partial charge in [-0.15, -0.1) is 12.4 Å². The highest BCUT2D eigenvalue weighted by Crippen LogP contribution is 2.33. The molecule has 21 heavy (non-hydrogen) atoms. The van der Waals surface area contributed by atoms with Crippen molar-refractivity contribution in [2.75, 3.05) is 26.7 Å². The van der Waals surface area contributed by atoms with Crippen molar-refractivity contribution >= 4 is 18.3 Å². The maximum atomic E-state index is 12.6. The Balaban J connectivity index is 0.00000220. The topological polar surface area (TPSA) is 32.3 Å². The zero-order valence-corrected chi connectivity index (χ0v) is 14.6. The van der Waals surface area contributed by atoms with Gasteiger partial charge in [0, 0.05) is 19.0 Å². The number of rotatable bonds is 6. The first-order valence-electron chi connectivity index (χ1n) is 8.68. The minimum absolute atomic E-state index is 0. The zero-order valence-electron chi connectivity index (χ0n) is 13.8. The lowest BCUT2D eigenvalue weighted by atomic mass is 9.79. The van der Waals surface area contributed by atoms with E-state index in [1.54, 1.807) is 0 Å². The molecule has 0 aromatic rings. The second kappa shape index (κ2) is 9.68. The first-order valence-corrected chi connectivity index (χ1v) is 8.68. The predicted molar refractivity (Wildman–Crippen MR) is 90.8 cm³/mol. The van der Waals surface area contributed by atoms with Crippen LogP contribution in [0, 0.1) is 17.8 Å². The molecule has 1 unspecified atom stereocenters. The Morgan fingerprint density at radius 1 is 1.14 bits per heavy atom. The van der Waals surface area contributed by atoms with Crippen molar-refractivity contribution in [2.24, 2.45) is 17.8 Å². The van der Waals surface area contributed by atoms with Crippen LogP contribution in [0.15, 0.2) is 0 Å². The fourth-order valence-electron chi connectivity index (χ4n) is 3.94. The van der Waals surface area contributed by atoms with Gasteiger partial charge in [-0.25, -0.2) is 0 Å². The lowest BCUT2D eigenvalue weighted by Gasteiger charge is -2.30. The van der Waals surface area contributed by atoms with E-state index in [0.29, 0.717) is 17.7 Å². The van der Waals surface area contributed by atoms with Gasteiger partial charge in [-0.3, -0.25) is 4.79 Å². The van der Waals surface area contributed by atoms with Crippen molar-refractivity contribution < 1.29 is 4.79 Å². The molecule has 2 aliphatic rings. The van der Waals surface area contributed by atoms with E-state index in [0.717, 1.165) is 38.4 Å². The predicted octanol–water partition coefficient (Wildman–Crippen LogP) is 3.47. The molecule has 1 heterocycles. The van der Waals surface area contributed by atoms with Gasteiger partial charge in [0.05, 0.1) is 0 Å². The number of halogens is 1. The molecule has 2 rings (SSSR count). The summed E-state index contributed by atoms with van der Waals surface area (Å²) in [6.45, 7) is 5.29. The number of hydrogen-bond donors (Lipinski definition) is 1. The summed E-state index contributed by atoms with van der Waals surface area (Å²) in [7, 11) is 2.00. The quantitative estimate of drug-likeness (QED) is 0.813. The Kier molecular flexibility index (Phi) is 8.65. The molecule has 1 amide bonds. The van der Waals surface area contributed by atoms with Gasteiger partial charge in [0.2, 0.25) is 5.91 Å². The maximum absolute atomic E-state index is 12.6. The van der Waals surface area contributed by atoms with Crippen LogP contribution in [0.2, 0.25) is 0 Å². The van der Waals surface area contributed by atoms with Gasteiger partial charge in [0.25, 0.3) is 0 Å². The molecular weight excluding hydrogens is 284 g/mol. The molecule has 1 saturated heterocycles. The fourth-order valence-corrected chi connectivity index (χ4v) is 3.94. The summed E-state index contributed by atoms with van der Waals surface area (Å²) in [4.78, 5) is 14.7. The van der Waals surface area contributed by atoms with E-state index in [1.807, 2.05) is 7.05 Å². The lowest BCUT2D eigenvalue weighted by molar-refractivity contribution is -0.135. The summed E-state index contributed by atoms with van der Waals surface area (Å²) in [5.41, 5.74) is 0. The summed E-state index contributed by atoms with van der Waals surface area (Å²) in [6.07, 6.45) is 10.1. The van der Waals surface area contributed by atoms with Crippen LogP contribution >= 0.6 is 12.4 Å². The normalized spacial score (nSPS) is 29.2. The first kappa shape index (κ1) is 18.8. The number of nitrogens with one attached hydrogen (secondary N) is 1. The molecule has 1 saturated carbocycles. The Morgan fingerprint density at radius 3 is 2.48 bits per heavy atom. The Bertz CT molecular complexity index is 303. The molecule has 1 atom stereocenters. The van der Waals surface area contributed by atoms with Crippen LogP contribution < -0.4 is 5.32 Å². The Morgan fingerprint density at radius 2 is 1.86 bits per heavy atom. The monoisotopic (exact) mass is 316 g/mol. The second-order valence-corrected chi connectivity index (χ2v) is 6.86. The van der Waals surface area contributed by atoms with Crippen LogP contribution in [0.4, 0.5) is 0 Å². The van der Waals surface area contributed by atoms with Crippen LogP contribution in [0.25, 0.3) is 0 Å². The number of amides is 1. The third-order valence-corrected chi connectivity index (χ3v) is 5.25. The largest absolute Gasteiger partial charge is 0.342 e. The standard InChI is InChI=1S/C17H32N2O.ClH/c1-3-4-5-14-6-8-16(9-7-14)17(20)19-11-10-15(13-19)12-18-2;/h14-16,18H,3-13H2,1-2H3;1H. The van der Waals surface area contributed by atoms with Gasteiger partial charge < -0.3 is 10.2 Å². The summed E-state index contributed by atoms with van der Waals surface area (Å²) in [5, 5.41) is 3.24. The van der Waals surface area contributed by atoms with Crippen molar-refractivity contribution in [1.29, 1.82) is 0 Å². The molecule has 124 valence electrons. The number of carbonyl (C=O) groups is 1. The van der Waals surface area contributed by atoms with Crippen molar-refractivity contribution in [3.63, 3.8) is 0 Å². The third kappa shape index (κ3) is 5.45. The number of likely N-dealkylation sites (tertiary alicyclic amines) is 1. The molecular formula is C17H33ClN2O. The van der Waals surface area contributed by atoms with Gasteiger partial charge in [-0.05, 0) is 57.5 Å². The maximum Gasteiger partial charge on any atom is 0.225 e. The van der Waals surface area contributed by atoms with Crippen LogP contribution in [0.5, 0.6) is 0 Å². The number of hydrogen-bond acceptors (Lipinski definition) is 2. The van der Waals surface area contributed by atoms with E-state index in [9.17, 15) is 4.79 Å². The second-order valence-electron chi connectivity index (χ2n) is 6.86. The van der Waals surface area contributed by atoms with Gasteiger partial charge in [0.1, 0.15) is 0 Å². The average Bonchev–Trinajstić information content (AvgIpc) is 2.94. The fraction of sp³-hybridized carbons (Fsp3) is 0.941. The molecule has 0 aromatic carbocycles. The summed E-state index contributed by atoms with van der Waals surface area (Å²) in [6, 6.07) is 0. The molecule has 0 spiro atoms. The number of unbranched alkanes of at least 4 members (excludes halogenated alkanes) is 1. The minimum atomic E-state index is 0. The van der Waals surface area contributed by atoms with Gasteiger partial charge in [0.15, 0.2) is 0 Å². The molecule has 1 aliphatic carbocycles. The van der Waals surface area contributed by atoms with E-state index in [-0.39, 0.29) is 12.4 Å². The van der Waals surface area contributed by atoms with Crippen LogP contribution in [-0.4, -0.2) is 37.5 Å². The van der Waals surface area contributed by atoms with E-state index >= 15 is 0 Å². The van der Waals surface area contributed by atoms with Crippen molar-refractivity contribution in [1.82, 2.24) is 10.2 Å². The van der Waals surface area contributed by atoms with E-state index in [2.05, 4.69) is 17.1 Å². The molecule has 0 aromatic heterocycles.